The Bertz CT molecular complexity index is 674. The molecule has 0 saturated carbocycles. The predicted octanol–water partition coefficient (Wildman–Crippen LogP) is 3.94. The number of ether oxygens (including phenoxy) is 1. The topological polar surface area (TPSA) is 75.7 Å². The second kappa shape index (κ2) is 10.9. The molecule has 26 heavy (non-hydrogen) atoms. The molecule has 2 amide bonds. The molecule has 1 N–H and O–H groups in total. The first kappa shape index (κ1) is 21.2. The highest BCUT2D eigenvalue weighted by Crippen LogP contribution is 2.25. The van der Waals surface area contributed by atoms with Gasteiger partial charge in [0.2, 0.25) is 0 Å². The summed E-state index contributed by atoms with van der Waals surface area (Å²) in [6.45, 7) is 11.0. The first-order valence-corrected chi connectivity index (χ1v) is 8.57. The third-order valence-electron chi connectivity index (χ3n) is 3.64. The van der Waals surface area contributed by atoms with Crippen LogP contribution in [-0.2, 0) is 0 Å². The molecule has 0 fully saturated rings. The van der Waals surface area contributed by atoms with Crippen LogP contribution in [0.25, 0.3) is 0 Å². The minimum Gasteiger partial charge on any atom is -0.493 e. The van der Waals surface area contributed by atoms with Crippen molar-refractivity contribution in [3.05, 3.63) is 54.9 Å². The van der Waals surface area contributed by atoms with E-state index in [9.17, 15) is 14.4 Å². The molecule has 0 heterocycles. The zero-order chi connectivity index (χ0) is 19.5. The van der Waals surface area contributed by atoms with E-state index in [1.54, 1.807) is 18.2 Å². The van der Waals surface area contributed by atoms with Gasteiger partial charge < -0.3 is 10.1 Å². The summed E-state index contributed by atoms with van der Waals surface area (Å²) in [4.78, 5) is 37.2. The monoisotopic (exact) mass is 358 g/mol. The highest BCUT2D eigenvalue weighted by Gasteiger charge is 2.18. The number of ketones is 2. The van der Waals surface area contributed by atoms with Crippen LogP contribution in [0.1, 0.15) is 53.8 Å². The summed E-state index contributed by atoms with van der Waals surface area (Å²) in [6, 6.07) is 4.71. The van der Waals surface area contributed by atoms with Crippen molar-refractivity contribution in [2.24, 2.45) is 0 Å². The van der Waals surface area contributed by atoms with Gasteiger partial charge >= 0.3 is 6.03 Å². The molecule has 0 unspecified atom stereocenters. The number of benzene rings is 1. The second-order valence-electron chi connectivity index (χ2n) is 5.61. The van der Waals surface area contributed by atoms with Crippen LogP contribution in [0.4, 0.5) is 4.79 Å². The predicted molar refractivity (Wildman–Crippen MR) is 101 cm³/mol. The lowest BCUT2D eigenvalue weighted by Crippen LogP contribution is -2.34. The van der Waals surface area contributed by atoms with E-state index in [4.69, 9.17) is 4.74 Å². The zero-order valence-electron chi connectivity index (χ0n) is 15.4. The van der Waals surface area contributed by atoms with Crippen LogP contribution in [0.5, 0.6) is 5.75 Å². The number of carbonyl (C=O) groups excluding carboxylic acids is 3. The van der Waals surface area contributed by atoms with Gasteiger partial charge in [0.25, 0.3) is 0 Å². The molecule has 0 aromatic heterocycles. The van der Waals surface area contributed by atoms with E-state index in [0.717, 1.165) is 0 Å². The van der Waals surface area contributed by atoms with Crippen molar-refractivity contribution in [3.8, 4) is 5.75 Å². The van der Waals surface area contributed by atoms with Gasteiger partial charge in [-0.25, -0.2) is 4.79 Å². The normalized spacial score (nSPS) is 9.92. The second-order valence-corrected chi connectivity index (χ2v) is 5.61. The Morgan fingerprint density at radius 3 is 2.50 bits per heavy atom. The zero-order valence-corrected chi connectivity index (χ0v) is 15.4. The molecule has 0 atom stereocenters. The fraction of sp³-hybridized carbons (Fsp3) is 0.350. The van der Waals surface area contributed by atoms with Crippen LogP contribution in [0.15, 0.2) is 43.8 Å². The Labute approximate surface area is 154 Å². The Morgan fingerprint density at radius 1 is 1.23 bits per heavy atom. The molecule has 0 radical (unpaired) electrons. The first-order chi connectivity index (χ1) is 12.5. The van der Waals surface area contributed by atoms with E-state index in [0.29, 0.717) is 49.3 Å². The Hall–Kier alpha value is -2.89. The van der Waals surface area contributed by atoms with Crippen LogP contribution >= 0.6 is 0 Å². The Balaban J connectivity index is 2.67. The minimum absolute atomic E-state index is 0.0654. The highest BCUT2D eigenvalue weighted by molar-refractivity contribution is 6.09. The number of amides is 2. The number of hydrogen-bond donors (Lipinski definition) is 1. The van der Waals surface area contributed by atoms with E-state index in [2.05, 4.69) is 18.5 Å². The number of Topliss-reactive ketones (excluding diaryl/α,β-unsaturated/α-hetero) is 2. The van der Waals surface area contributed by atoms with Crippen molar-refractivity contribution in [3.63, 3.8) is 0 Å². The lowest BCUT2D eigenvalue weighted by molar-refractivity contribution is 0.0958. The Morgan fingerprint density at radius 2 is 1.92 bits per heavy atom. The standard InChI is InChI=1S/C20H26N2O4/c1-5-10-17(24)16-11-8-12-18(19(16)15(4)23)26-14-9-13-21-20(25)22(6-2)7-3/h6-8,11-12H,2-3,5,9-10,13-14H2,1,4H3,(H,21,25). The summed E-state index contributed by atoms with van der Waals surface area (Å²) in [5.41, 5.74) is 0.720. The summed E-state index contributed by atoms with van der Waals surface area (Å²) in [5.74, 6) is 0.120. The average Bonchev–Trinajstić information content (AvgIpc) is 2.62. The van der Waals surface area contributed by atoms with Crippen molar-refractivity contribution in [1.29, 1.82) is 0 Å². The molecule has 0 aliphatic carbocycles. The van der Waals surface area contributed by atoms with E-state index in [1.165, 1.54) is 24.2 Å². The molecule has 0 aliphatic heterocycles. The molecule has 0 spiro atoms. The largest absolute Gasteiger partial charge is 0.493 e. The molecule has 0 bridgehead atoms. The summed E-state index contributed by atoms with van der Waals surface area (Å²) in [7, 11) is 0. The van der Waals surface area contributed by atoms with Crippen LogP contribution < -0.4 is 10.1 Å². The quantitative estimate of drug-likeness (QED) is 0.480. The SMILES string of the molecule is C=CN(C=C)C(=O)NCCCOc1cccc(C(=O)CCC)c1C(C)=O. The van der Waals surface area contributed by atoms with Crippen LogP contribution in [0.2, 0.25) is 0 Å². The summed E-state index contributed by atoms with van der Waals surface area (Å²) < 4.78 is 5.68. The fourth-order valence-corrected chi connectivity index (χ4v) is 2.39. The summed E-state index contributed by atoms with van der Waals surface area (Å²) >= 11 is 0. The molecule has 1 aromatic carbocycles. The van der Waals surface area contributed by atoms with Crippen molar-refractivity contribution in [2.75, 3.05) is 13.2 Å². The smallest absolute Gasteiger partial charge is 0.325 e. The van der Waals surface area contributed by atoms with Gasteiger partial charge in [-0.3, -0.25) is 14.5 Å². The van der Waals surface area contributed by atoms with E-state index < -0.39 is 0 Å². The van der Waals surface area contributed by atoms with Crippen LogP contribution in [0, 0.1) is 0 Å². The number of urea groups is 1. The van der Waals surface area contributed by atoms with Gasteiger partial charge in [0.1, 0.15) is 5.75 Å². The number of hydrogen-bond acceptors (Lipinski definition) is 4. The fourth-order valence-electron chi connectivity index (χ4n) is 2.39. The van der Waals surface area contributed by atoms with Gasteiger partial charge in [-0.05, 0) is 25.8 Å². The molecule has 0 aliphatic rings. The maximum Gasteiger partial charge on any atom is 0.325 e. The molecule has 1 aromatic rings. The molecular weight excluding hydrogens is 332 g/mol. The molecular formula is C20H26N2O4. The van der Waals surface area contributed by atoms with E-state index in [-0.39, 0.29) is 17.6 Å². The molecule has 140 valence electrons. The van der Waals surface area contributed by atoms with Crippen LogP contribution in [-0.4, -0.2) is 35.6 Å². The number of carbonyl (C=O) groups is 3. The van der Waals surface area contributed by atoms with Gasteiger partial charge in [-0.15, -0.1) is 0 Å². The van der Waals surface area contributed by atoms with Crippen molar-refractivity contribution >= 4 is 17.6 Å². The van der Waals surface area contributed by atoms with E-state index >= 15 is 0 Å². The maximum atomic E-state index is 12.2. The maximum absolute atomic E-state index is 12.2. The van der Waals surface area contributed by atoms with Gasteiger partial charge in [0.05, 0.1) is 12.2 Å². The number of nitrogens with zero attached hydrogens (tertiary/aromatic N) is 1. The molecule has 6 heteroatoms. The Kier molecular flexibility index (Phi) is 8.84. The first-order valence-electron chi connectivity index (χ1n) is 8.57. The third kappa shape index (κ3) is 5.88. The van der Waals surface area contributed by atoms with E-state index in [1.807, 2.05) is 6.92 Å². The lowest BCUT2D eigenvalue weighted by atomic mass is 9.97. The van der Waals surface area contributed by atoms with Crippen molar-refractivity contribution in [2.45, 2.75) is 33.1 Å². The summed E-state index contributed by atoms with van der Waals surface area (Å²) in [5, 5.41) is 2.70. The van der Waals surface area contributed by atoms with Crippen molar-refractivity contribution < 1.29 is 19.1 Å². The van der Waals surface area contributed by atoms with Gasteiger partial charge in [-0.1, -0.05) is 32.2 Å². The van der Waals surface area contributed by atoms with Gasteiger partial charge in [0, 0.05) is 30.9 Å². The minimum atomic E-state index is -0.327. The highest BCUT2D eigenvalue weighted by atomic mass is 16.5. The average molecular weight is 358 g/mol. The van der Waals surface area contributed by atoms with Crippen LogP contribution in [0.3, 0.4) is 0 Å². The number of rotatable bonds is 11. The molecule has 6 nitrogen and oxygen atoms in total. The summed E-state index contributed by atoms with van der Waals surface area (Å²) in [6.07, 6.45) is 4.36. The third-order valence-corrected chi connectivity index (χ3v) is 3.64. The molecule has 1 rings (SSSR count). The van der Waals surface area contributed by atoms with Gasteiger partial charge in [0.15, 0.2) is 11.6 Å². The number of nitrogens with one attached hydrogen (secondary N) is 1. The van der Waals surface area contributed by atoms with Crippen molar-refractivity contribution in [1.82, 2.24) is 10.2 Å². The van der Waals surface area contributed by atoms with Gasteiger partial charge in [-0.2, -0.15) is 0 Å². The lowest BCUT2D eigenvalue weighted by Gasteiger charge is -2.15. The molecule has 0 saturated heterocycles.